The van der Waals surface area contributed by atoms with Crippen LogP contribution < -0.4 is 0 Å². The summed E-state index contributed by atoms with van der Waals surface area (Å²) < 4.78 is 36.8. The molecule has 1 aliphatic heterocycles. The number of halogens is 1. The van der Waals surface area contributed by atoms with Crippen LogP contribution in [0.4, 0.5) is 4.39 Å². The van der Waals surface area contributed by atoms with Gasteiger partial charge in [0, 0.05) is 18.2 Å². The molecule has 0 spiro atoms. The minimum Gasteiger partial charge on any atom is -0.387 e. The highest BCUT2D eigenvalue weighted by Gasteiger charge is 2.33. The van der Waals surface area contributed by atoms with Gasteiger partial charge < -0.3 is 5.11 Å². The zero-order chi connectivity index (χ0) is 15.5. The first kappa shape index (κ1) is 16.0. The molecule has 1 aliphatic rings. The van der Waals surface area contributed by atoms with Crippen molar-refractivity contribution >= 4 is 9.84 Å². The van der Waals surface area contributed by atoms with Gasteiger partial charge in [-0.2, -0.15) is 0 Å². The molecule has 0 aromatic heterocycles. The van der Waals surface area contributed by atoms with Gasteiger partial charge in [0.1, 0.15) is 5.82 Å². The molecule has 2 atom stereocenters. The molecule has 0 radical (unpaired) electrons. The summed E-state index contributed by atoms with van der Waals surface area (Å²) in [5.74, 6) is 2.16. The maximum atomic E-state index is 13.7. The molecule has 2 unspecified atom stereocenters. The predicted molar refractivity (Wildman–Crippen MR) is 78.8 cm³/mol. The monoisotopic (exact) mass is 311 g/mol. The van der Waals surface area contributed by atoms with Crippen LogP contribution >= 0.6 is 0 Å². The quantitative estimate of drug-likeness (QED) is 0.824. The van der Waals surface area contributed by atoms with E-state index in [2.05, 4.69) is 5.92 Å². The average Bonchev–Trinajstić information content (AvgIpc) is 2.79. The highest BCUT2D eigenvalue weighted by Crippen LogP contribution is 2.22. The van der Waals surface area contributed by atoms with Crippen LogP contribution in [0.15, 0.2) is 24.3 Å². The van der Waals surface area contributed by atoms with Crippen LogP contribution in [0.3, 0.4) is 0 Å². The van der Waals surface area contributed by atoms with E-state index in [9.17, 15) is 17.9 Å². The Balaban J connectivity index is 2.10. The summed E-state index contributed by atoms with van der Waals surface area (Å²) in [5.41, 5.74) is 0.195. The summed E-state index contributed by atoms with van der Waals surface area (Å²) in [7, 11) is -3.03. The van der Waals surface area contributed by atoms with E-state index in [1.54, 1.807) is 17.0 Å². The summed E-state index contributed by atoms with van der Waals surface area (Å²) in [6.07, 6.45) is 4.77. The third-order valence-electron chi connectivity index (χ3n) is 3.69. The number of sulfone groups is 1. The number of aliphatic hydroxyl groups is 1. The summed E-state index contributed by atoms with van der Waals surface area (Å²) in [4.78, 5) is 1.74. The van der Waals surface area contributed by atoms with Crippen molar-refractivity contribution in [3.63, 3.8) is 0 Å². The van der Waals surface area contributed by atoms with Gasteiger partial charge in [0.05, 0.1) is 24.2 Å². The van der Waals surface area contributed by atoms with E-state index in [4.69, 9.17) is 6.42 Å². The molecule has 0 aliphatic carbocycles. The summed E-state index contributed by atoms with van der Waals surface area (Å²) in [5, 5.41) is 10.2. The maximum Gasteiger partial charge on any atom is 0.151 e. The molecule has 0 amide bonds. The molecule has 1 heterocycles. The second-order valence-electron chi connectivity index (χ2n) is 5.23. The first-order valence-corrected chi connectivity index (χ1v) is 8.55. The van der Waals surface area contributed by atoms with Gasteiger partial charge in [-0.1, -0.05) is 24.1 Å². The SMILES string of the molecule is C#CCN(CC(O)c1ccccc1F)C1CCS(=O)(=O)C1. The standard InChI is InChI=1S/C15H18FNO3S/c1-2-8-17(12-7-9-21(19,20)11-12)10-15(18)13-5-3-4-6-14(13)16/h1,3-6,12,15,18H,7-11H2. The molecule has 1 N–H and O–H groups in total. The van der Waals surface area contributed by atoms with E-state index in [1.165, 1.54) is 12.1 Å². The molecule has 2 rings (SSSR count). The van der Waals surface area contributed by atoms with Gasteiger partial charge in [0.15, 0.2) is 9.84 Å². The Morgan fingerprint density at radius 2 is 2.19 bits per heavy atom. The highest BCUT2D eigenvalue weighted by molar-refractivity contribution is 7.91. The number of terminal acetylenes is 1. The lowest BCUT2D eigenvalue weighted by Crippen LogP contribution is -2.39. The van der Waals surface area contributed by atoms with E-state index in [0.29, 0.717) is 6.42 Å². The minimum absolute atomic E-state index is 0.0403. The van der Waals surface area contributed by atoms with Crippen molar-refractivity contribution in [2.45, 2.75) is 18.6 Å². The molecular weight excluding hydrogens is 293 g/mol. The van der Waals surface area contributed by atoms with Crippen LogP contribution in [0.5, 0.6) is 0 Å². The second kappa shape index (κ2) is 6.56. The maximum absolute atomic E-state index is 13.7. The van der Waals surface area contributed by atoms with Crippen molar-refractivity contribution in [2.75, 3.05) is 24.6 Å². The van der Waals surface area contributed by atoms with Crippen molar-refractivity contribution in [3.8, 4) is 12.3 Å². The highest BCUT2D eigenvalue weighted by atomic mass is 32.2. The van der Waals surface area contributed by atoms with Crippen LogP contribution in [0.25, 0.3) is 0 Å². The molecule has 1 aromatic rings. The molecule has 21 heavy (non-hydrogen) atoms. The topological polar surface area (TPSA) is 57.6 Å². The van der Waals surface area contributed by atoms with Crippen LogP contribution in [-0.4, -0.2) is 49.1 Å². The van der Waals surface area contributed by atoms with Gasteiger partial charge in [-0.15, -0.1) is 6.42 Å². The van der Waals surface area contributed by atoms with Crippen molar-refractivity contribution < 1.29 is 17.9 Å². The van der Waals surface area contributed by atoms with Gasteiger partial charge >= 0.3 is 0 Å². The molecule has 1 fully saturated rings. The first-order valence-electron chi connectivity index (χ1n) is 6.73. The fourth-order valence-electron chi connectivity index (χ4n) is 2.59. The summed E-state index contributed by atoms with van der Waals surface area (Å²) in [6.45, 7) is 0.344. The zero-order valence-corrected chi connectivity index (χ0v) is 12.4. The van der Waals surface area contributed by atoms with Crippen molar-refractivity contribution in [1.29, 1.82) is 0 Å². The number of benzene rings is 1. The van der Waals surface area contributed by atoms with E-state index in [0.717, 1.165) is 0 Å². The lowest BCUT2D eigenvalue weighted by atomic mass is 10.1. The fraction of sp³-hybridized carbons (Fsp3) is 0.467. The van der Waals surface area contributed by atoms with Gasteiger partial charge in [0.25, 0.3) is 0 Å². The number of aliphatic hydroxyl groups excluding tert-OH is 1. The lowest BCUT2D eigenvalue weighted by Gasteiger charge is -2.28. The summed E-state index contributed by atoms with van der Waals surface area (Å²) in [6, 6.07) is 5.78. The third kappa shape index (κ3) is 4.03. The average molecular weight is 311 g/mol. The van der Waals surface area contributed by atoms with Gasteiger partial charge in [-0.3, -0.25) is 4.90 Å². The Labute approximate surface area is 124 Å². The number of hydrogen-bond donors (Lipinski definition) is 1. The molecular formula is C15H18FNO3S. The molecule has 1 saturated heterocycles. The molecule has 0 bridgehead atoms. The Morgan fingerprint density at radius 3 is 2.76 bits per heavy atom. The van der Waals surface area contributed by atoms with Gasteiger partial charge in [-0.25, -0.2) is 12.8 Å². The smallest absolute Gasteiger partial charge is 0.151 e. The van der Waals surface area contributed by atoms with E-state index < -0.39 is 21.8 Å². The molecule has 4 nitrogen and oxygen atoms in total. The Hall–Kier alpha value is -1.42. The Bertz CT molecular complexity index is 639. The van der Waals surface area contributed by atoms with Crippen LogP contribution in [0.1, 0.15) is 18.1 Å². The van der Waals surface area contributed by atoms with Crippen molar-refractivity contribution in [3.05, 3.63) is 35.6 Å². The number of hydrogen-bond acceptors (Lipinski definition) is 4. The molecule has 0 saturated carbocycles. The van der Waals surface area contributed by atoms with Gasteiger partial charge in [0.2, 0.25) is 0 Å². The lowest BCUT2D eigenvalue weighted by molar-refractivity contribution is 0.0990. The largest absolute Gasteiger partial charge is 0.387 e. The zero-order valence-electron chi connectivity index (χ0n) is 11.6. The van der Waals surface area contributed by atoms with Crippen LogP contribution in [-0.2, 0) is 9.84 Å². The molecule has 6 heteroatoms. The normalized spacial score (nSPS) is 22.1. The molecule has 114 valence electrons. The third-order valence-corrected chi connectivity index (χ3v) is 5.44. The van der Waals surface area contributed by atoms with E-state index in [1.807, 2.05) is 0 Å². The number of nitrogens with zero attached hydrogens (tertiary/aromatic N) is 1. The van der Waals surface area contributed by atoms with Crippen molar-refractivity contribution in [2.24, 2.45) is 0 Å². The summed E-state index contributed by atoms with van der Waals surface area (Å²) >= 11 is 0. The Morgan fingerprint density at radius 1 is 1.48 bits per heavy atom. The van der Waals surface area contributed by atoms with Crippen molar-refractivity contribution in [1.82, 2.24) is 4.90 Å². The number of rotatable bonds is 5. The van der Waals surface area contributed by atoms with Crippen LogP contribution in [0, 0.1) is 18.2 Å². The first-order chi connectivity index (χ1) is 9.93. The second-order valence-corrected chi connectivity index (χ2v) is 7.46. The minimum atomic E-state index is -3.03. The predicted octanol–water partition coefficient (Wildman–Crippen LogP) is 0.981. The molecule has 1 aromatic carbocycles. The Kier molecular flexibility index (Phi) is 4.99. The van der Waals surface area contributed by atoms with E-state index >= 15 is 0 Å². The van der Waals surface area contributed by atoms with E-state index in [-0.39, 0.29) is 36.2 Å². The van der Waals surface area contributed by atoms with Gasteiger partial charge in [-0.05, 0) is 12.5 Å². The fourth-order valence-corrected chi connectivity index (χ4v) is 4.35. The van der Waals surface area contributed by atoms with Crippen LogP contribution in [0.2, 0.25) is 0 Å².